The molecule has 0 aromatic heterocycles. The Morgan fingerprint density at radius 3 is 1.25 bits per heavy atom. The van der Waals surface area contributed by atoms with E-state index in [-0.39, 0.29) is 0 Å². The second-order valence-corrected chi connectivity index (χ2v) is 4.33. The fourth-order valence-corrected chi connectivity index (χ4v) is 1.84. The van der Waals surface area contributed by atoms with E-state index in [1.165, 1.54) is 11.1 Å². The summed E-state index contributed by atoms with van der Waals surface area (Å²) in [5.74, 6) is 11.9. The van der Waals surface area contributed by atoms with Crippen LogP contribution in [-0.2, 0) is 0 Å². The third kappa shape index (κ3) is 3.91. The van der Waals surface area contributed by atoms with Crippen LogP contribution < -0.4 is 0 Å². The van der Waals surface area contributed by atoms with E-state index in [4.69, 9.17) is 0 Å². The molecule has 96 valence electrons. The van der Waals surface area contributed by atoms with Crippen LogP contribution in [0.3, 0.4) is 0 Å². The van der Waals surface area contributed by atoms with Gasteiger partial charge in [0.2, 0.25) is 0 Å². The Bertz CT molecular complexity index is 641. The summed E-state index contributed by atoms with van der Waals surface area (Å²) in [6.07, 6.45) is 4.20. The predicted octanol–water partition coefficient (Wildman–Crippen LogP) is 4.60. The molecule has 0 atom stereocenters. The second kappa shape index (κ2) is 7.03. The van der Waals surface area contributed by atoms with Gasteiger partial charge in [0.1, 0.15) is 0 Å². The van der Waals surface area contributed by atoms with Crippen LogP contribution in [0.1, 0.15) is 36.1 Å². The van der Waals surface area contributed by atoms with E-state index >= 15 is 0 Å². The highest BCUT2D eigenvalue weighted by Gasteiger charge is 1.90. The summed E-state index contributed by atoms with van der Waals surface area (Å²) in [7, 11) is 0. The Hall–Kier alpha value is -2.70. The molecule has 2 rings (SSSR count). The summed E-state index contributed by atoms with van der Waals surface area (Å²) in [5, 5.41) is 0. The molecule has 0 heterocycles. The molecular weight excluding hydrogens is 240 g/mol. The maximum absolute atomic E-state index is 3.04. The zero-order valence-electron chi connectivity index (χ0n) is 11.8. The molecule has 0 aliphatic heterocycles. The molecule has 20 heavy (non-hydrogen) atoms. The molecule has 0 spiro atoms. The van der Waals surface area contributed by atoms with Crippen LogP contribution in [0.2, 0.25) is 0 Å². The van der Waals surface area contributed by atoms with Gasteiger partial charge in [-0.05, 0) is 49.2 Å². The minimum Gasteiger partial charge on any atom is -0.101 e. The van der Waals surface area contributed by atoms with Crippen LogP contribution >= 0.6 is 0 Å². The Kier molecular flexibility index (Phi) is 4.82. The number of hydrogen-bond acceptors (Lipinski definition) is 0. The maximum atomic E-state index is 3.04. The number of rotatable bonds is 2. The molecule has 0 unspecified atom stereocenters. The normalized spacial score (nSPS) is 9.50. The van der Waals surface area contributed by atoms with Crippen molar-refractivity contribution in [3.8, 4) is 23.7 Å². The molecule has 0 radical (unpaired) electrons. The van der Waals surface area contributed by atoms with Crippen LogP contribution in [0, 0.1) is 23.7 Å². The van der Waals surface area contributed by atoms with Crippen LogP contribution in [0.15, 0.2) is 48.5 Å². The second-order valence-electron chi connectivity index (χ2n) is 4.33. The first-order valence-electron chi connectivity index (χ1n) is 6.55. The van der Waals surface area contributed by atoms with Gasteiger partial charge in [0.05, 0.1) is 0 Å². The fraction of sp³-hybridized carbons (Fsp3) is 0.100. The van der Waals surface area contributed by atoms with Crippen molar-refractivity contribution in [2.75, 3.05) is 0 Å². The van der Waals surface area contributed by atoms with E-state index in [2.05, 4.69) is 60.1 Å². The molecule has 0 nitrogen and oxygen atoms in total. The van der Waals surface area contributed by atoms with Crippen molar-refractivity contribution in [2.24, 2.45) is 0 Å². The van der Waals surface area contributed by atoms with Crippen molar-refractivity contribution in [2.45, 2.75) is 13.8 Å². The summed E-state index contributed by atoms with van der Waals surface area (Å²) in [6, 6.07) is 16.5. The van der Waals surface area contributed by atoms with Gasteiger partial charge in [-0.2, -0.15) is 0 Å². The van der Waals surface area contributed by atoms with Crippen molar-refractivity contribution in [3.05, 3.63) is 70.8 Å². The van der Waals surface area contributed by atoms with E-state index < -0.39 is 0 Å². The Morgan fingerprint density at radius 1 is 0.600 bits per heavy atom. The van der Waals surface area contributed by atoms with Gasteiger partial charge in [-0.3, -0.25) is 0 Å². The monoisotopic (exact) mass is 256 g/mol. The van der Waals surface area contributed by atoms with Gasteiger partial charge in [-0.25, -0.2) is 0 Å². The van der Waals surface area contributed by atoms with Gasteiger partial charge >= 0.3 is 0 Å². The van der Waals surface area contributed by atoms with Crippen molar-refractivity contribution >= 4 is 12.2 Å². The Balaban J connectivity index is 2.10. The first-order chi connectivity index (χ1) is 9.81. The van der Waals surface area contributed by atoms with Gasteiger partial charge in [-0.15, -0.1) is 11.8 Å². The third-order valence-electron chi connectivity index (χ3n) is 2.83. The van der Waals surface area contributed by atoms with Crippen LogP contribution in [0.5, 0.6) is 0 Å². The van der Waals surface area contributed by atoms with E-state index in [0.717, 1.165) is 11.1 Å². The lowest BCUT2D eigenvalue weighted by Crippen LogP contribution is -1.77. The summed E-state index contributed by atoms with van der Waals surface area (Å²) in [4.78, 5) is 0. The molecule has 0 saturated heterocycles. The highest BCUT2D eigenvalue weighted by Crippen LogP contribution is 2.10. The van der Waals surface area contributed by atoms with E-state index in [9.17, 15) is 0 Å². The molecule has 0 amide bonds. The Labute approximate surface area is 121 Å². The average Bonchev–Trinajstić information content (AvgIpc) is 2.49. The predicted molar refractivity (Wildman–Crippen MR) is 86.9 cm³/mol. The smallest absolute Gasteiger partial charge is 0.0245 e. The third-order valence-corrected chi connectivity index (χ3v) is 2.83. The summed E-state index contributed by atoms with van der Waals surface area (Å²) >= 11 is 0. The lowest BCUT2D eigenvalue weighted by Gasteiger charge is -1.96. The molecule has 0 aliphatic carbocycles. The maximum Gasteiger partial charge on any atom is 0.0245 e. The number of benzene rings is 2. The molecule has 0 bridgehead atoms. The zero-order valence-corrected chi connectivity index (χ0v) is 11.8. The molecule has 0 heteroatoms. The van der Waals surface area contributed by atoms with Gasteiger partial charge in [0, 0.05) is 11.1 Å². The molecular formula is C20H16. The summed E-state index contributed by atoms with van der Waals surface area (Å²) in [6.45, 7) is 3.70. The highest BCUT2D eigenvalue weighted by molar-refractivity contribution is 5.70. The van der Waals surface area contributed by atoms with E-state index in [1.807, 2.05) is 38.1 Å². The topological polar surface area (TPSA) is 0 Å². The van der Waals surface area contributed by atoms with Gasteiger partial charge in [0.25, 0.3) is 0 Å². The highest BCUT2D eigenvalue weighted by atomic mass is 14.0. The quantitative estimate of drug-likeness (QED) is 0.544. The Morgan fingerprint density at radius 2 is 0.950 bits per heavy atom. The largest absolute Gasteiger partial charge is 0.101 e. The standard InChI is InChI=1S/C20H16/c1-3-5-17-7-11-19(12-8-17)15-16-20-13-9-18(6-4-2)10-14-20/h7-16H,1-2H3/b16-15+. The van der Waals surface area contributed by atoms with Crippen LogP contribution in [0.25, 0.3) is 12.2 Å². The molecule has 0 aliphatic rings. The van der Waals surface area contributed by atoms with Gasteiger partial charge in [0.15, 0.2) is 0 Å². The minimum absolute atomic E-state index is 1.05. The average molecular weight is 256 g/mol. The van der Waals surface area contributed by atoms with E-state index in [1.54, 1.807) is 0 Å². The molecule has 2 aromatic rings. The van der Waals surface area contributed by atoms with Crippen molar-refractivity contribution in [1.82, 2.24) is 0 Å². The van der Waals surface area contributed by atoms with Gasteiger partial charge < -0.3 is 0 Å². The number of hydrogen-bond donors (Lipinski definition) is 0. The van der Waals surface area contributed by atoms with Crippen LogP contribution in [0.4, 0.5) is 0 Å². The molecule has 0 fully saturated rings. The molecule has 0 saturated carbocycles. The fourth-order valence-electron chi connectivity index (χ4n) is 1.84. The SMILES string of the molecule is CC#Cc1ccc(/C=C/c2ccc(C#CC)cc2)cc1. The van der Waals surface area contributed by atoms with E-state index in [0.29, 0.717) is 0 Å². The van der Waals surface area contributed by atoms with Gasteiger partial charge in [-0.1, -0.05) is 48.3 Å². The molecule has 2 aromatic carbocycles. The van der Waals surface area contributed by atoms with Crippen molar-refractivity contribution < 1.29 is 0 Å². The summed E-state index contributed by atoms with van der Waals surface area (Å²) < 4.78 is 0. The first kappa shape index (κ1) is 13.7. The van der Waals surface area contributed by atoms with Crippen LogP contribution in [-0.4, -0.2) is 0 Å². The minimum atomic E-state index is 1.05. The summed E-state index contributed by atoms with van der Waals surface area (Å²) in [5.41, 5.74) is 4.44. The lowest BCUT2D eigenvalue weighted by atomic mass is 10.1. The molecule has 0 N–H and O–H groups in total. The zero-order chi connectivity index (χ0) is 14.2. The lowest BCUT2D eigenvalue weighted by molar-refractivity contribution is 1.59. The van der Waals surface area contributed by atoms with Crippen molar-refractivity contribution in [3.63, 3.8) is 0 Å². The first-order valence-corrected chi connectivity index (χ1v) is 6.55. The van der Waals surface area contributed by atoms with Crippen molar-refractivity contribution in [1.29, 1.82) is 0 Å².